The molecule has 18 heteroatoms. The zero-order valence-electron chi connectivity index (χ0n) is 40.4. The minimum Gasteiger partial charge on any atom is -0.382 e. The molecule has 7 aromatic rings. The summed E-state index contributed by atoms with van der Waals surface area (Å²) < 4.78 is 53.2. The van der Waals surface area contributed by atoms with Gasteiger partial charge in [0.2, 0.25) is 11.8 Å². The molecule has 0 bridgehead atoms. The number of halogens is 3. The van der Waals surface area contributed by atoms with Gasteiger partial charge in [0.25, 0.3) is 11.5 Å². The molecule has 4 aliphatic heterocycles. The Morgan fingerprint density at radius 3 is 2.17 bits per heavy atom. The van der Waals surface area contributed by atoms with Crippen LogP contribution in [0.25, 0.3) is 27.8 Å². The summed E-state index contributed by atoms with van der Waals surface area (Å²) in [7, 11) is 5.20. The smallest absolute Gasteiger partial charge is 0.329 e. The summed E-state index contributed by atoms with van der Waals surface area (Å²) in [6.07, 6.45) is 6.65. The van der Waals surface area contributed by atoms with Crippen LogP contribution in [0, 0.1) is 17.5 Å². The van der Waals surface area contributed by atoms with Crippen molar-refractivity contribution < 1.29 is 27.6 Å². The van der Waals surface area contributed by atoms with E-state index in [0.29, 0.717) is 86.0 Å². The number of nitrogens with zero attached hydrogens (tertiary/aromatic N) is 8. The number of fused-ring (bicyclic) bond motifs is 3. The van der Waals surface area contributed by atoms with Crippen LogP contribution in [0.5, 0.6) is 0 Å². The zero-order chi connectivity index (χ0) is 50.1. The second-order valence-electron chi connectivity index (χ2n) is 19.9. The van der Waals surface area contributed by atoms with Crippen molar-refractivity contribution in [3.05, 3.63) is 151 Å². The summed E-state index contributed by atoms with van der Waals surface area (Å²) in [6, 6.07) is 18.9. The van der Waals surface area contributed by atoms with E-state index in [4.69, 9.17) is 0 Å². The molecule has 372 valence electrons. The number of aryl methyl sites for hydroxylation is 2. The highest BCUT2D eigenvalue weighted by atomic mass is 19.1. The molecule has 4 aliphatic rings. The first kappa shape index (κ1) is 47.0. The lowest BCUT2D eigenvalue weighted by molar-refractivity contribution is -0.135. The lowest BCUT2D eigenvalue weighted by Gasteiger charge is -2.32. The lowest BCUT2D eigenvalue weighted by Crippen LogP contribution is -2.44. The average Bonchev–Trinajstić information content (AvgIpc) is 4.07. The third-order valence-corrected chi connectivity index (χ3v) is 15.6. The number of nitrogens with one attached hydrogen (secondary N) is 2. The van der Waals surface area contributed by atoms with Crippen LogP contribution in [0.1, 0.15) is 94.7 Å². The summed E-state index contributed by atoms with van der Waals surface area (Å²) in [5, 5.41) is 6.03. The van der Waals surface area contributed by atoms with Crippen LogP contribution in [0.2, 0.25) is 0 Å². The number of rotatable bonds is 10. The summed E-state index contributed by atoms with van der Waals surface area (Å²) in [6.45, 7) is 4.64. The molecule has 3 aromatic carbocycles. The largest absolute Gasteiger partial charge is 0.382 e. The molecular weight excluding hydrogens is 926 g/mol. The number of hydrogen-bond acceptors (Lipinski definition) is 9. The number of likely N-dealkylation sites (tertiary alicyclic amines) is 2. The number of imide groups is 1. The Bertz CT molecular complexity index is 3430. The highest BCUT2D eigenvalue weighted by Crippen LogP contribution is 2.36. The highest BCUT2D eigenvalue weighted by molar-refractivity contribution is 6.06. The average molecular weight is 981 g/mol. The van der Waals surface area contributed by atoms with E-state index < -0.39 is 35.3 Å². The quantitative estimate of drug-likeness (QED) is 0.142. The van der Waals surface area contributed by atoms with Gasteiger partial charge >= 0.3 is 5.69 Å². The minimum atomic E-state index is -0.733. The van der Waals surface area contributed by atoms with Gasteiger partial charge in [0.1, 0.15) is 23.3 Å². The van der Waals surface area contributed by atoms with Crippen LogP contribution in [0.3, 0.4) is 0 Å². The number of piperidine rings is 3. The van der Waals surface area contributed by atoms with E-state index in [-0.39, 0.29) is 52.7 Å². The predicted molar refractivity (Wildman–Crippen MR) is 267 cm³/mol. The molecule has 2 N–H and O–H groups in total. The normalized spacial score (nSPS) is 18.2. The van der Waals surface area contributed by atoms with Crippen LogP contribution in [0.15, 0.2) is 88.7 Å². The number of aromatic nitrogens is 5. The van der Waals surface area contributed by atoms with Crippen molar-refractivity contribution in [1.82, 2.24) is 38.4 Å². The fraction of sp³-hybridized carbons (Fsp3) is 0.370. The number of carbonyl (C=O) groups is 3. The van der Waals surface area contributed by atoms with Crippen LogP contribution in [0.4, 0.5) is 24.5 Å². The molecule has 15 nitrogen and oxygen atoms in total. The molecule has 72 heavy (non-hydrogen) atoms. The summed E-state index contributed by atoms with van der Waals surface area (Å²) >= 11 is 0. The Morgan fingerprint density at radius 2 is 1.46 bits per heavy atom. The lowest BCUT2D eigenvalue weighted by atomic mass is 9.88. The van der Waals surface area contributed by atoms with Crippen LogP contribution >= 0.6 is 0 Å². The third kappa shape index (κ3) is 8.38. The van der Waals surface area contributed by atoms with Crippen molar-refractivity contribution in [3.63, 3.8) is 0 Å². The van der Waals surface area contributed by atoms with Gasteiger partial charge in [-0.25, -0.2) is 22.9 Å². The molecule has 8 heterocycles. The number of anilines is 2. The first-order valence-corrected chi connectivity index (χ1v) is 24.7. The van der Waals surface area contributed by atoms with Gasteiger partial charge in [0, 0.05) is 86.9 Å². The van der Waals surface area contributed by atoms with E-state index >= 15 is 13.2 Å². The minimum absolute atomic E-state index is 0.000313. The first-order valence-electron chi connectivity index (χ1n) is 24.7. The van der Waals surface area contributed by atoms with Gasteiger partial charge in [-0.15, -0.1) is 0 Å². The van der Waals surface area contributed by atoms with Crippen molar-refractivity contribution in [2.24, 2.45) is 14.1 Å². The van der Waals surface area contributed by atoms with Gasteiger partial charge in [0.15, 0.2) is 5.82 Å². The van der Waals surface area contributed by atoms with E-state index in [2.05, 4.69) is 25.4 Å². The molecule has 0 saturated carbocycles. The Kier molecular flexibility index (Phi) is 12.2. The molecule has 4 aromatic heterocycles. The van der Waals surface area contributed by atoms with Crippen molar-refractivity contribution >= 4 is 51.2 Å². The maximum absolute atomic E-state index is 15.9. The van der Waals surface area contributed by atoms with Gasteiger partial charge in [-0.05, 0) is 136 Å². The van der Waals surface area contributed by atoms with Crippen LogP contribution in [-0.4, -0.2) is 90.5 Å². The van der Waals surface area contributed by atoms with Gasteiger partial charge < -0.3 is 14.8 Å². The van der Waals surface area contributed by atoms with E-state index in [0.717, 1.165) is 65.8 Å². The number of carbonyl (C=O) groups excluding carboxylic acids is 3. The number of amides is 3. The Hall–Kier alpha value is -7.31. The Labute approximate surface area is 412 Å². The predicted octanol–water partition coefficient (Wildman–Crippen LogP) is 6.78. The highest BCUT2D eigenvalue weighted by Gasteiger charge is 2.33. The van der Waals surface area contributed by atoms with Gasteiger partial charge in [-0.1, -0.05) is 18.2 Å². The summed E-state index contributed by atoms with van der Waals surface area (Å²) in [5.41, 5.74) is 6.42. The number of benzene rings is 3. The molecule has 0 aliphatic carbocycles. The standard InChI is InChI=1S/C54H55F3N10O5/c1-61-37(27-39-43(13-19-59-50(39)61)66-30-42(57)49-38(53(66)71)12-18-58-49)29-65-22-16-34(17-23-65)48-40(55)25-35(26-41(48)56)52(70)62(2)36-7-5-32(6-8-36)33-14-20-64(21-15-33)28-31-4-9-44-46(24-31)63(3)54(72)67(44)45-10-11-47(68)60-51(45)69/h4-9,13,19,24-27,30,33-34,45,58H,10-12,14-18,20-23,28-29H2,1-3H3,(H,60,68,69). The fourth-order valence-corrected chi connectivity index (χ4v) is 11.6. The molecule has 1 unspecified atom stereocenters. The summed E-state index contributed by atoms with van der Waals surface area (Å²) in [5.74, 6) is -3.30. The molecule has 0 radical (unpaired) electrons. The van der Waals surface area contributed by atoms with E-state index in [1.165, 1.54) is 20.2 Å². The van der Waals surface area contributed by atoms with E-state index in [1.54, 1.807) is 30.9 Å². The van der Waals surface area contributed by atoms with Crippen molar-refractivity contribution in [2.45, 2.75) is 75.9 Å². The van der Waals surface area contributed by atoms with Crippen LogP contribution < -0.4 is 26.8 Å². The SMILES string of the molecule is CN(C(=O)c1cc(F)c(C2CCN(Cc3cc4c(-n5cc(F)c6c(c5=O)CCN6)ccnc4n3C)CC2)c(F)c1)c1ccc(C2CCN(Cc3ccc4c(c3)n(C)c(=O)n4C3CCC(=O)NC3=O)CC2)cc1. The molecule has 3 fully saturated rings. The van der Waals surface area contributed by atoms with Crippen molar-refractivity contribution in [1.29, 1.82) is 0 Å². The van der Waals surface area contributed by atoms with E-state index in [9.17, 15) is 24.0 Å². The second kappa shape index (κ2) is 18.7. The molecule has 3 saturated heterocycles. The second-order valence-corrected chi connectivity index (χ2v) is 19.9. The number of pyridine rings is 2. The third-order valence-electron chi connectivity index (χ3n) is 15.6. The summed E-state index contributed by atoms with van der Waals surface area (Å²) in [4.78, 5) is 75.3. The zero-order valence-corrected chi connectivity index (χ0v) is 40.4. The fourth-order valence-electron chi connectivity index (χ4n) is 11.6. The Morgan fingerprint density at radius 1 is 0.764 bits per heavy atom. The number of imidazole rings is 1. The molecular formula is C54H55F3N10O5. The van der Waals surface area contributed by atoms with Gasteiger partial charge in [0.05, 0.1) is 28.6 Å². The molecule has 0 spiro atoms. The Balaban J connectivity index is 0.689. The maximum Gasteiger partial charge on any atom is 0.329 e. The molecule has 11 rings (SSSR count). The van der Waals surface area contributed by atoms with E-state index in [1.807, 2.05) is 60.1 Å². The first-order chi connectivity index (χ1) is 34.7. The maximum atomic E-state index is 15.9. The number of hydrogen-bond donors (Lipinski definition) is 2. The van der Waals surface area contributed by atoms with Gasteiger partial charge in [-0.2, -0.15) is 0 Å². The van der Waals surface area contributed by atoms with Crippen molar-refractivity contribution in [3.8, 4) is 5.69 Å². The molecule has 1 atom stereocenters. The topological polar surface area (TPSA) is 152 Å². The monoisotopic (exact) mass is 980 g/mol. The molecule has 3 amide bonds. The van der Waals surface area contributed by atoms with Crippen molar-refractivity contribution in [2.75, 3.05) is 50.0 Å². The van der Waals surface area contributed by atoms with Gasteiger partial charge in [-0.3, -0.25) is 48.0 Å². The van der Waals surface area contributed by atoms with Crippen LogP contribution in [-0.2, 0) is 43.2 Å².